The summed E-state index contributed by atoms with van der Waals surface area (Å²) in [5.41, 5.74) is 6.76. The van der Waals surface area contributed by atoms with Crippen molar-refractivity contribution < 1.29 is 4.74 Å². The fourth-order valence-corrected chi connectivity index (χ4v) is 2.02. The van der Waals surface area contributed by atoms with Crippen LogP contribution in [0.5, 0.6) is 0 Å². The van der Waals surface area contributed by atoms with E-state index in [1.165, 1.54) is 0 Å². The highest BCUT2D eigenvalue weighted by Gasteiger charge is 2.13. The van der Waals surface area contributed by atoms with Crippen LogP contribution >= 0.6 is 35.6 Å². The first kappa shape index (κ1) is 20.5. The van der Waals surface area contributed by atoms with Crippen molar-refractivity contribution in [3.8, 4) is 0 Å². The van der Waals surface area contributed by atoms with Crippen LogP contribution in [0.15, 0.2) is 29.3 Å². The van der Waals surface area contributed by atoms with Crippen LogP contribution < -0.4 is 11.1 Å². The first-order valence-corrected chi connectivity index (χ1v) is 7.23. The number of nitrogens with zero attached hydrogens (tertiary/aromatic N) is 1. The minimum Gasteiger partial charge on any atom is -0.375 e. The van der Waals surface area contributed by atoms with Crippen molar-refractivity contribution in [2.75, 3.05) is 20.2 Å². The highest BCUT2D eigenvalue weighted by molar-refractivity contribution is 14.0. The standard InChI is InChI=1S/C15H24ClN3O.HI/c1-11(2)8-9-18-15(17)19-10-14(20-3)12-6-4-5-7-13(12)16;/h4-7,11,14H,8-10H2,1-3H3,(H3,17,18,19);1H. The minimum absolute atomic E-state index is 0. The number of halogens is 2. The lowest BCUT2D eigenvalue weighted by molar-refractivity contribution is 0.111. The van der Waals surface area contributed by atoms with E-state index in [1.807, 2.05) is 24.3 Å². The molecule has 1 rings (SSSR count). The van der Waals surface area contributed by atoms with Crippen molar-refractivity contribution in [2.45, 2.75) is 26.4 Å². The fourth-order valence-electron chi connectivity index (χ4n) is 1.76. The van der Waals surface area contributed by atoms with Crippen LogP contribution in [-0.2, 0) is 4.74 Å². The summed E-state index contributed by atoms with van der Waals surface area (Å²) >= 11 is 6.16. The van der Waals surface area contributed by atoms with Gasteiger partial charge in [0.15, 0.2) is 5.96 Å². The molecule has 0 heterocycles. The number of guanidine groups is 1. The Morgan fingerprint density at radius 2 is 2.05 bits per heavy atom. The molecule has 0 aromatic heterocycles. The molecule has 0 fully saturated rings. The Bertz CT molecular complexity index is 441. The smallest absolute Gasteiger partial charge is 0.188 e. The van der Waals surface area contributed by atoms with Gasteiger partial charge < -0.3 is 15.8 Å². The molecule has 6 heteroatoms. The maximum absolute atomic E-state index is 6.16. The highest BCUT2D eigenvalue weighted by Crippen LogP contribution is 2.25. The molecule has 0 saturated carbocycles. The Morgan fingerprint density at radius 3 is 2.62 bits per heavy atom. The number of nitrogens with one attached hydrogen (secondary N) is 1. The predicted molar refractivity (Wildman–Crippen MR) is 101 cm³/mol. The predicted octanol–water partition coefficient (Wildman–Crippen LogP) is 3.60. The molecule has 1 atom stereocenters. The molecule has 0 spiro atoms. The molecule has 0 amide bonds. The molecule has 0 saturated heterocycles. The summed E-state index contributed by atoms with van der Waals surface area (Å²) in [5, 5.41) is 3.78. The number of ether oxygens (including phenoxy) is 1. The van der Waals surface area contributed by atoms with Crippen molar-refractivity contribution in [1.82, 2.24) is 5.32 Å². The molecule has 0 aliphatic carbocycles. The van der Waals surface area contributed by atoms with Crippen molar-refractivity contribution in [3.63, 3.8) is 0 Å². The Kier molecular flexibility index (Phi) is 10.8. The first-order valence-electron chi connectivity index (χ1n) is 6.85. The Balaban J connectivity index is 0.00000400. The lowest BCUT2D eigenvalue weighted by Gasteiger charge is -2.15. The number of nitrogens with two attached hydrogens (primary N) is 1. The molecule has 0 radical (unpaired) electrons. The molecule has 0 bridgehead atoms. The summed E-state index contributed by atoms with van der Waals surface area (Å²) in [6, 6.07) is 7.61. The monoisotopic (exact) mass is 425 g/mol. The van der Waals surface area contributed by atoms with Crippen LogP contribution in [0.1, 0.15) is 31.9 Å². The third-order valence-corrected chi connectivity index (χ3v) is 3.34. The number of hydrogen-bond donors (Lipinski definition) is 2. The average Bonchev–Trinajstić information content (AvgIpc) is 2.41. The maximum Gasteiger partial charge on any atom is 0.188 e. The molecular weight excluding hydrogens is 401 g/mol. The second-order valence-electron chi connectivity index (χ2n) is 5.08. The Hall–Kier alpha value is -0.530. The fraction of sp³-hybridized carbons (Fsp3) is 0.533. The van der Waals surface area contributed by atoms with Gasteiger partial charge in [-0.15, -0.1) is 24.0 Å². The zero-order valence-corrected chi connectivity index (χ0v) is 15.9. The quantitative estimate of drug-likeness (QED) is 0.399. The molecule has 21 heavy (non-hydrogen) atoms. The van der Waals surface area contributed by atoms with Gasteiger partial charge in [-0.3, -0.25) is 4.99 Å². The lowest BCUT2D eigenvalue weighted by Crippen LogP contribution is -2.33. The molecule has 4 nitrogen and oxygen atoms in total. The number of rotatable bonds is 7. The third-order valence-electron chi connectivity index (χ3n) is 2.99. The molecule has 1 aromatic carbocycles. The van der Waals surface area contributed by atoms with E-state index in [-0.39, 0.29) is 30.1 Å². The van der Waals surface area contributed by atoms with Gasteiger partial charge in [-0.1, -0.05) is 43.6 Å². The molecule has 3 N–H and O–H groups in total. The van der Waals surface area contributed by atoms with E-state index in [1.54, 1.807) is 7.11 Å². The summed E-state index contributed by atoms with van der Waals surface area (Å²) in [7, 11) is 1.64. The van der Waals surface area contributed by atoms with Crippen molar-refractivity contribution in [2.24, 2.45) is 16.6 Å². The van der Waals surface area contributed by atoms with Gasteiger partial charge in [0.1, 0.15) is 6.10 Å². The molecule has 0 aliphatic heterocycles. The second kappa shape index (κ2) is 11.1. The van der Waals surface area contributed by atoms with Crippen molar-refractivity contribution >= 4 is 41.5 Å². The van der Waals surface area contributed by atoms with E-state index in [0.717, 1.165) is 18.5 Å². The number of methoxy groups -OCH3 is 1. The summed E-state index contributed by atoms with van der Waals surface area (Å²) in [6.07, 6.45) is 0.878. The number of benzene rings is 1. The summed E-state index contributed by atoms with van der Waals surface area (Å²) in [5.74, 6) is 1.09. The first-order chi connectivity index (χ1) is 9.54. The third kappa shape index (κ3) is 7.87. The van der Waals surface area contributed by atoms with Crippen LogP contribution in [0.2, 0.25) is 5.02 Å². The van der Waals surface area contributed by atoms with Gasteiger partial charge in [-0.2, -0.15) is 0 Å². The maximum atomic E-state index is 6.16. The summed E-state index contributed by atoms with van der Waals surface area (Å²) in [6.45, 7) is 5.62. The average molecular weight is 426 g/mol. The van der Waals surface area contributed by atoms with E-state index < -0.39 is 0 Å². The molecule has 0 aliphatic rings. The van der Waals surface area contributed by atoms with Crippen molar-refractivity contribution in [1.29, 1.82) is 0 Å². The van der Waals surface area contributed by atoms with Gasteiger partial charge in [-0.05, 0) is 18.4 Å². The molecule has 120 valence electrons. The summed E-state index contributed by atoms with van der Waals surface area (Å²) < 4.78 is 5.44. The minimum atomic E-state index is -0.186. The Morgan fingerprint density at radius 1 is 1.38 bits per heavy atom. The van der Waals surface area contributed by atoms with E-state index >= 15 is 0 Å². The van der Waals surface area contributed by atoms with E-state index in [4.69, 9.17) is 22.1 Å². The van der Waals surface area contributed by atoms with E-state index in [0.29, 0.717) is 23.4 Å². The number of aliphatic imine (C=N–C) groups is 1. The second-order valence-corrected chi connectivity index (χ2v) is 5.49. The van der Waals surface area contributed by atoms with Gasteiger partial charge in [0.25, 0.3) is 0 Å². The normalized spacial score (nSPS) is 12.9. The molecule has 1 aromatic rings. The highest BCUT2D eigenvalue weighted by atomic mass is 127. The molecular formula is C15H25ClIN3O. The SMILES string of the molecule is COC(CN=C(N)NCCC(C)C)c1ccccc1Cl.I. The van der Waals surface area contributed by atoms with Crippen LogP contribution in [0.25, 0.3) is 0 Å². The molecule has 1 unspecified atom stereocenters. The van der Waals surface area contributed by atoms with Crippen LogP contribution in [0.4, 0.5) is 0 Å². The van der Waals surface area contributed by atoms with Gasteiger partial charge >= 0.3 is 0 Å². The van der Waals surface area contributed by atoms with Crippen LogP contribution in [0, 0.1) is 5.92 Å². The zero-order valence-electron chi connectivity index (χ0n) is 12.8. The van der Waals surface area contributed by atoms with Gasteiger partial charge in [0.2, 0.25) is 0 Å². The summed E-state index contributed by atoms with van der Waals surface area (Å²) in [4.78, 5) is 4.31. The topological polar surface area (TPSA) is 59.6 Å². The number of hydrogen-bond acceptors (Lipinski definition) is 2. The van der Waals surface area contributed by atoms with E-state index in [9.17, 15) is 0 Å². The van der Waals surface area contributed by atoms with Crippen LogP contribution in [-0.4, -0.2) is 26.2 Å². The van der Waals surface area contributed by atoms with Crippen molar-refractivity contribution in [3.05, 3.63) is 34.9 Å². The van der Waals surface area contributed by atoms with E-state index in [2.05, 4.69) is 24.2 Å². The lowest BCUT2D eigenvalue weighted by atomic mass is 10.1. The van der Waals surface area contributed by atoms with Crippen LogP contribution in [0.3, 0.4) is 0 Å². The Labute approximate surface area is 149 Å². The zero-order chi connectivity index (χ0) is 15.0. The van der Waals surface area contributed by atoms with Gasteiger partial charge in [0.05, 0.1) is 6.54 Å². The largest absolute Gasteiger partial charge is 0.375 e. The van der Waals surface area contributed by atoms with Gasteiger partial charge in [-0.25, -0.2) is 0 Å². The van der Waals surface area contributed by atoms with Gasteiger partial charge in [0, 0.05) is 24.2 Å².